The predicted octanol–water partition coefficient (Wildman–Crippen LogP) is 2.89. The van der Waals surface area contributed by atoms with Gasteiger partial charge < -0.3 is 9.84 Å². The summed E-state index contributed by atoms with van der Waals surface area (Å²) in [6.45, 7) is 6.41. The summed E-state index contributed by atoms with van der Waals surface area (Å²) in [6.07, 6.45) is 0. The summed E-state index contributed by atoms with van der Waals surface area (Å²) >= 11 is 0. The molecule has 3 rings (SSSR count). The number of rotatable bonds is 5. The van der Waals surface area contributed by atoms with Crippen LogP contribution in [0.3, 0.4) is 0 Å². The molecule has 0 aromatic heterocycles. The van der Waals surface area contributed by atoms with Gasteiger partial charge in [-0.15, -0.1) is 0 Å². The monoisotopic (exact) mass is 311 g/mol. The van der Waals surface area contributed by atoms with Gasteiger partial charge in [0, 0.05) is 25.6 Å². The number of hydrogen-bond acceptors (Lipinski definition) is 3. The highest BCUT2D eigenvalue weighted by atomic mass is 16.5. The van der Waals surface area contributed by atoms with Gasteiger partial charge in [-0.3, -0.25) is 4.90 Å². The van der Waals surface area contributed by atoms with Gasteiger partial charge in [0.25, 0.3) is 0 Å². The van der Waals surface area contributed by atoms with Crippen molar-refractivity contribution in [3.8, 4) is 0 Å². The van der Waals surface area contributed by atoms with Crippen LogP contribution >= 0.6 is 0 Å². The summed E-state index contributed by atoms with van der Waals surface area (Å²) in [7, 11) is 0. The number of morpholine rings is 1. The molecular formula is C20H25NO2. The van der Waals surface area contributed by atoms with Crippen molar-refractivity contribution in [2.45, 2.75) is 12.5 Å². The Morgan fingerprint density at radius 3 is 1.91 bits per heavy atom. The first-order valence-corrected chi connectivity index (χ1v) is 8.35. The van der Waals surface area contributed by atoms with E-state index in [0.29, 0.717) is 0 Å². The molecule has 0 amide bonds. The molecule has 1 aliphatic rings. The zero-order chi connectivity index (χ0) is 16.1. The van der Waals surface area contributed by atoms with Gasteiger partial charge >= 0.3 is 0 Å². The molecule has 23 heavy (non-hydrogen) atoms. The molecule has 2 aromatic rings. The number of benzene rings is 2. The van der Waals surface area contributed by atoms with Crippen molar-refractivity contribution in [2.24, 2.45) is 5.92 Å². The Morgan fingerprint density at radius 1 is 0.957 bits per heavy atom. The average Bonchev–Trinajstić information content (AvgIpc) is 2.63. The quantitative estimate of drug-likeness (QED) is 0.921. The molecular weight excluding hydrogens is 286 g/mol. The highest BCUT2D eigenvalue weighted by molar-refractivity contribution is 5.36. The second-order valence-electron chi connectivity index (χ2n) is 6.31. The third kappa shape index (κ3) is 3.47. The molecule has 1 unspecified atom stereocenters. The fraction of sp³-hybridized carbons (Fsp3) is 0.400. The molecule has 3 heteroatoms. The molecule has 1 aliphatic heterocycles. The summed E-state index contributed by atoms with van der Waals surface area (Å²) in [5.74, 6) is 0.0744. The summed E-state index contributed by atoms with van der Waals surface area (Å²) in [5, 5.41) is 11.7. The van der Waals surface area contributed by atoms with Gasteiger partial charge in [0.2, 0.25) is 0 Å². The zero-order valence-corrected chi connectivity index (χ0v) is 13.7. The molecule has 0 bridgehead atoms. The predicted molar refractivity (Wildman–Crippen MR) is 92.3 cm³/mol. The fourth-order valence-electron chi connectivity index (χ4n) is 3.42. The Hall–Kier alpha value is -1.68. The lowest BCUT2D eigenvalue weighted by atomic mass is 9.76. The first-order chi connectivity index (χ1) is 11.2. The molecule has 1 saturated heterocycles. The van der Waals surface area contributed by atoms with Crippen LogP contribution in [0.15, 0.2) is 60.7 Å². The maximum Gasteiger partial charge on any atom is 0.118 e. The van der Waals surface area contributed by atoms with Crippen LogP contribution in [0, 0.1) is 5.92 Å². The standard InChI is InChI=1S/C20H25NO2/c1-17(16-21-12-14-23-15-13-21)20(22,18-8-4-2-5-9-18)19-10-6-3-7-11-19/h2-11,17,22H,12-16H2,1H3. The Morgan fingerprint density at radius 2 is 1.43 bits per heavy atom. The lowest BCUT2D eigenvalue weighted by Gasteiger charge is -2.39. The van der Waals surface area contributed by atoms with E-state index in [0.717, 1.165) is 44.0 Å². The van der Waals surface area contributed by atoms with Crippen LogP contribution in [-0.2, 0) is 10.3 Å². The molecule has 0 spiro atoms. The van der Waals surface area contributed by atoms with E-state index in [1.807, 2.05) is 60.7 Å². The van der Waals surface area contributed by atoms with Gasteiger partial charge in [-0.1, -0.05) is 67.6 Å². The second kappa shape index (κ2) is 7.26. The first-order valence-electron chi connectivity index (χ1n) is 8.35. The SMILES string of the molecule is CC(CN1CCOCC1)C(O)(c1ccccc1)c1ccccc1. The van der Waals surface area contributed by atoms with E-state index in [4.69, 9.17) is 4.74 Å². The Bertz CT molecular complexity index is 554. The number of aliphatic hydroxyl groups is 1. The van der Waals surface area contributed by atoms with Gasteiger partial charge in [0.05, 0.1) is 13.2 Å². The Labute approximate surface area is 138 Å². The fourth-order valence-corrected chi connectivity index (χ4v) is 3.42. The molecule has 2 aromatic carbocycles. The van der Waals surface area contributed by atoms with E-state index >= 15 is 0 Å². The molecule has 122 valence electrons. The largest absolute Gasteiger partial charge is 0.380 e. The van der Waals surface area contributed by atoms with Gasteiger partial charge in [-0.2, -0.15) is 0 Å². The third-order valence-corrected chi connectivity index (χ3v) is 4.78. The van der Waals surface area contributed by atoms with Crippen molar-refractivity contribution in [3.63, 3.8) is 0 Å². The van der Waals surface area contributed by atoms with Crippen LogP contribution in [0.25, 0.3) is 0 Å². The number of ether oxygens (including phenoxy) is 1. The normalized spacial score (nSPS) is 17.8. The van der Waals surface area contributed by atoms with Gasteiger partial charge in [0.15, 0.2) is 0 Å². The minimum Gasteiger partial charge on any atom is -0.380 e. The third-order valence-electron chi connectivity index (χ3n) is 4.78. The Kier molecular flexibility index (Phi) is 5.11. The summed E-state index contributed by atoms with van der Waals surface area (Å²) in [6, 6.07) is 20.0. The Balaban J connectivity index is 1.91. The molecule has 1 N–H and O–H groups in total. The topological polar surface area (TPSA) is 32.7 Å². The maximum atomic E-state index is 11.7. The summed E-state index contributed by atoms with van der Waals surface area (Å²) in [5.41, 5.74) is 0.916. The minimum atomic E-state index is -0.985. The van der Waals surface area contributed by atoms with E-state index in [-0.39, 0.29) is 5.92 Å². The van der Waals surface area contributed by atoms with Crippen molar-refractivity contribution in [2.75, 3.05) is 32.8 Å². The van der Waals surface area contributed by atoms with E-state index in [1.54, 1.807) is 0 Å². The van der Waals surface area contributed by atoms with Crippen LogP contribution in [0.5, 0.6) is 0 Å². The molecule has 1 atom stereocenters. The smallest absolute Gasteiger partial charge is 0.118 e. The van der Waals surface area contributed by atoms with Crippen molar-refractivity contribution in [1.82, 2.24) is 4.90 Å². The van der Waals surface area contributed by atoms with Crippen molar-refractivity contribution >= 4 is 0 Å². The molecule has 1 fully saturated rings. The molecule has 0 radical (unpaired) electrons. The molecule has 3 nitrogen and oxygen atoms in total. The average molecular weight is 311 g/mol. The van der Waals surface area contributed by atoms with E-state index in [9.17, 15) is 5.11 Å². The zero-order valence-electron chi connectivity index (χ0n) is 13.7. The number of nitrogens with zero attached hydrogens (tertiary/aromatic N) is 1. The lowest BCUT2D eigenvalue weighted by Crippen LogP contribution is -2.45. The van der Waals surface area contributed by atoms with Gasteiger partial charge in [-0.05, 0) is 11.1 Å². The van der Waals surface area contributed by atoms with Crippen molar-refractivity contribution in [1.29, 1.82) is 0 Å². The summed E-state index contributed by atoms with van der Waals surface area (Å²) < 4.78 is 5.43. The van der Waals surface area contributed by atoms with E-state index in [2.05, 4.69) is 11.8 Å². The van der Waals surface area contributed by atoms with Gasteiger partial charge in [0.1, 0.15) is 5.60 Å². The lowest BCUT2D eigenvalue weighted by molar-refractivity contribution is -0.0175. The van der Waals surface area contributed by atoms with Crippen LogP contribution in [-0.4, -0.2) is 42.9 Å². The van der Waals surface area contributed by atoms with Crippen molar-refractivity contribution in [3.05, 3.63) is 71.8 Å². The highest BCUT2D eigenvalue weighted by Gasteiger charge is 2.38. The first kappa shape index (κ1) is 16.2. The minimum absolute atomic E-state index is 0.0744. The van der Waals surface area contributed by atoms with E-state index in [1.165, 1.54) is 0 Å². The van der Waals surface area contributed by atoms with Crippen LogP contribution in [0.1, 0.15) is 18.1 Å². The molecule has 1 heterocycles. The van der Waals surface area contributed by atoms with Crippen LogP contribution in [0.4, 0.5) is 0 Å². The molecule has 0 saturated carbocycles. The molecule has 0 aliphatic carbocycles. The van der Waals surface area contributed by atoms with E-state index < -0.39 is 5.60 Å². The second-order valence-corrected chi connectivity index (χ2v) is 6.31. The maximum absolute atomic E-state index is 11.7. The van der Waals surface area contributed by atoms with Crippen LogP contribution in [0.2, 0.25) is 0 Å². The summed E-state index contributed by atoms with van der Waals surface area (Å²) in [4.78, 5) is 2.38. The van der Waals surface area contributed by atoms with Gasteiger partial charge in [-0.25, -0.2) is 0 Å². The van der Waals surface area contributed by atoms with Crippen LogP contribution < -0.4 is 0 Å². The highest BCUT2D eigenvalue weighted by Crippen LogP contribution is 2.37. The van der Waals surface area contributed by atoms with Crippen molar-refractivity contribution < 1.29 is 9.84 Å². The number of hydrogen-bond donors (Lipinski definition) is 1.